The van der Waals surface area contributed by atoms with Gasteiger partial charge in [0.25, 0.3) is 0 Å². The maximum Gasteiger partial charge on any atom is 0.139 e. The Balaban J connectivity index is 2.50. The second-order valence-electron chi connectivity index (χ2n) is 5.29. The molecule has 1 heterocycles. The average molecular weight is 304 g/mol. The van der Waals surface area contributed by atoms with E-state index in [1.165, 1.54) is 0 Å². The van der Waals surface area contributed by atoms with E-state index in [1.807, 2.05) is 24.3 Å². The quantitative estimate of drug-likeness (QED) is 0.847. The van der Waals surface area contributed by atoms with Crippen LogP contribution in [-0.4, -0.2) is 24.2 Å². The Morgan fingerprint density at radius 1 is 1.10 bits per heavy atom. The van der Waals surface area contributed by atoms with Crippen molar-refractivity contribution in [3.63, 3.8) is 0 Å². The molecule has 0 aliphatic heterocycles. The molecule has 1 aromatic heterocycles. The standard InChI is InChI=1S/C16H20N2O2S/c1-10(2)5-12-8-15(21)18-16(17-12)11-6-13(19-3)9-14(7-11)20-4/h6-10H,5H2,1-4H3,(H,17,18,21). The summed E-state index contributed by atoms with van der Waals surface area (Å²) in [7, 11) is 3.26. The van der Waals surface area contributed by atoms with E-state index in [1.54, 1.807) is 14.2 Å². The van der Waals surface area contributed by atoms with Crippen LogP contribution in [0.5, 0.6) is 11.5 Å². The fourth-order valence-electron chi connectivity index (χ4n) is 2.14. The molecule has 0 spiro atoms. The summed E-state index contributed by atoms with van der Waals surface area (Å²) in [5, 5.41) is 0. The molecule has 112 valence electrons. The Labute approximate surface area is 130 Å². The third kappa shape index (κ3) is 4.04. The summed E-state index contributed by atoms with van der Waals surface area (Å²) in [4.78, 5) is 7.76. The number of ether oxygens (including phenoxy) is 2. The number of H-pyrrole nitrogens is 1. The minimum absolute atomic E-state index is 0.547. The van der Waals surface area contributed by atoms with E-state index in [0.717, 1.165) is 35.0 Å². The number of nitrogens with one attached hydrogen (secondary N) is 1. The number of rotatable bonds is 5. The molecule has 1 aromatic carbocycles. The highest BCUT2D eigenvalue weighted by Crippen LogP contribution is 2.28. The van der Waals surface area contributed by atoms with Crippen molar-refractivity contribution in [2.24, 2.45) is 5.92 Å². The monoisotopic (exact) mass is 304 g/mol. The van der Waals surface area contributed by atoms with E-state index < -0.39 is 0 Å². The summed E-state index contributed by atoms with van der Waals surface area (Å²) in [6.07, 6.45) is 0.931. The summed E-state index contributed by atoms with van der Waals surface area (Å²) >= 11 is 5.27. The van der Waals surface area contributed by atoms with Crippen LogP contribution in [0.3, 0.4) is 0 Å². The molecule has 21 heavy (non-hydrogen) atoms. The number of aromatic amines is 1. The molecule has 0 amide bonds. The van der Waals surface area contributed by atoms with Crippen molar-refractivity contribution >= 4 is 12.2 Å². The number of hydrogen-bond acceptors (Lipinski definition) is 4. The fourth-order valence-corrected chi connectivity index (χ4v) is 2.37. The van der Waals surface area contributed by atoms with Gasteiger partial charge >= 0.3 is 0 Å². The van der Waals surface area contributed by atoms with Crippen LogP contribution in [0.25, 0.3) is 11.4 Å². The van der Waals surface area contributed by atoms with Gasteiger partial charge in [-0.1, -0.05) is 26.1 Å². The van der Waals surface area contributed by atoms with Crippen LogP contribution in [-0.2, 0) is 6.42 Å². The first kappa shape index (κ1) is 15.5. The van der Waals surface area contributed by atoms with Gasteiger partial charge in [0, 0.05) is 17.3 Å². The Hall–Kier alpha value is -1.88. The zero-order chi connectivity index (χ0) is 15.4. The molecular formula is C16H20N2O2S. The fraction of sp³-hybridized carbons (Fsp3) is 0.375. The molecule has 0 unspecified atom stereocenters. The van der Waals surface area contributed by atoms with E-state index >= 15 is 0 Å². The van der Waals surface area contributed by atoms with Gasteiger partial charge in [-0.05, 0) is 30.5 Å². The molecule has 0 aliphatic carbocycles. The molecular weight excluding hydrogens is 284 g/mol. The lowest BCUT2D eigenvalue weighted by molar-refractivity contribution is 0.394. The van der Waals surface area contributed by atoms with Crippen molar-refractivity contribution in [1.82, 2.24) is 9.97 Å². The van der Waals surface area contributed by atoms with Crippen molar-refractivity contribution in [3.8, 4) is 22.9 Å². The number of hydrogen-bond donors (Lipinski definition) is 1. The second-order valence-corrected chi connectivity index (χ2v) is 5.71. The van der Waals surface area contributed by atoms with Crippen molar-refractivity contribution < 1.29 is 9.47 Å². The van der Waals surface area contributed by atoms with Gasteiger partial charge in [-0.15, -0.1) is 0 Å². The lowest BCUT2D eigenvalue weighted by Gasteiger charge is -2.10. The topological polar surface area (TPSA) is 47.1 Å². The summed E-state index contributed by atoms with van der Waals surface area (Å²) in [5.41, 5.74) is 1.98. The highest BCUT2D eigenvalue weighted by Gasteiger charge is 2.08. The van der Waals surface area contributed by atoms with Gasteiger partial charge in [0.1, 0.15) is 22.0 Å². The van der Waals surface area contributed by atoms with Crippen molar-refractivity contribution in [2.45, 2.75) is 20.3 Å². The largest absolute Gasteiger partial charge is 0.497 e. The predicted molar refractivity (Wildman–Crippen MR) is 86.5 cm³/mol. The first-order chi connectivity index (χ1) is 10.0. The Morgan fingerprint density at radius 3 is 2.24 bits per heavy atom. The summed E-state index contributed by atoms with van der Waals surface area (Å²) in [5.74, 6) is 2.72. The zero-order valence-corrected chi connectivity index (χ0v) is 13.6. The lowest BCUT2D eigenvalue weighted by atomic mass is 10.1. The van der Waals surface area contributed by atoms with Gasteiger partial charge in [-0.25, -0.2) is 4.98 Å². The van der Waals surface area contributed by atoms with Gasteiger partial charge in [0.2, 0.25) is 0 Å². The van der Waals surface area contributed by atoms with Gasteiger partial charge in [0.15, 0.2) is 0 Å². The van der Waals surface area contributed by atoms with Gasteiger partial charge in [-0.3, -0.25) is 0 Å². The SMILES string of the molecule is COc1cc(OC)cc(-c2nc(=S)cc(CC(C)C)[nH]2)c1. The van der Waals surface area contributed by atoms with Crippen LogP contribution in [0.1, 0.15) is 19.5 Å². The summed E-state index contributed by atoms with van der Waals surface area (Å²) < 4.78 is 11.2. The van der Waals surface area contributed by atoms with Crippen molar-refractivity contribution in [2.75, 3.05) is 14.2 Å². The Bertz CT molecular complexity index is 658. The molecule has 2 aromatic rings. The molecule has 0 atom stereocenters. The molecule has 4 nitrogen and oxygen atoms in total. The summed E-state index contributed by atoms with van der Waals surface area (Å²) in [6.45, 7) is 4.34. The highest BCUT2D eigenvalue weighted by atomic mass is 32.1. The number of benzene rings is 1. The smallest absolute Gasteiger partial charge is 0.139 e. The normalized spacial score (nSPS) is 10.7. The van der Waals surface area contributed by atoms with E-state index in [4.69, 9.17) is 21.7 Å². The van der Waals surface area contributed by atoms with Crippen LogP contribution in [0.15, 0.2) is 24.3 Å². The number of methoxy groups -OCH3 is 2. The molecule has 0 saturated carbocycles. The highest BCUT2D eigenvalue weighted by molar-refractivity contribution is 7.71. The second kappa shape index (κ2) is 6.72. The summed E-state index contributed by atoms with van der Waals surface area (Å²) in [6, 6.07) is 7.57. The van der Waals surface area contributed by atoms with E-state index in [9.17, 15) is 0 Å². The van der Waals surface area contributed by atoms with Gasteiger partial charge < -0.3 is 14.5 Å². The van der Waals surface area contributed by atoms with Crippen LogP contribution in [0.2, 0.25) is 0 Å². The molecule has 0 aliphatic rings. The van der Waals surface area contributed by atoms with Gasteiger partial charge in [0.05, 0.1) is 14.2 Å². The number of nitrogens with zero attached hydrogens (tertiary/aromatic N) is 1. The van der Waals surface area contributed by atoms with Crippen molar-refractivity contribution in [1.29, 1.82) is 0 Å². The molecule has 0 saturated heterocycles. The third-order valence-electron chi connectivity index (χ3n) is 3.05. The molecule has 2 rings (SSSR count). The van der Waals surface area contributed by atoms with Crippen LogP contribution < -0.4 is 9.47 Å². The maximum atomic E-state index is 5.30. The molecule has 0 bridgehead atoms. The first-order valence-electron chi connectivity index (χ1n) is 6.85. The van der Waals surface area contributed by atoms with Crippen LogP contribution in [0.4, 0.5) is 0 Å². The van der Waals surface area contributed by atoms with Crippen LogP contribution in [0, 0.1) is 10.6 Å². The molecule has 5 heteroatoms. The molecule has 1 N–H and O–H groups in total. The van der Waals surface area contributed by atoms with Crippen molar-refractivity contribution in [3.05, 3.63) is 34.6 Å². The number of aromatic nitrogens is 2. The maximum absolute atomic E-state index is 5.30. The van der Waals surface area contributed by atoms with E-state index in [0.29, 0.717) is 10.6 Å². The molecule has 0 radical (unpaired) electrons. The predicted octanol–water partition coefficient (Wildman–Crippen LogP) is 4.02. The van der Waals surface area contributed by atoms with E-state index in [-0.39, 0.29) is 0 Å². The van der Waals surface area contributed by atoms with Gasteiger partial charge in [-0.2, -0.15) is 0 Å². The minimum atomic E-state index is 0.547. The lowest BCUT2D eigenvalue weighted by Crippen LogP contribution is -2.01. The Morgan fingerprint density at radius 2 is 1.71 bits per heavy atom. The zero-order valence-electron chi connectivity index (χ0n) is 12.8. The molecule has 0 fully saturated rings. The van der Waals surface area contributed by atoms with Crippen LogP contribution >= 0.6 is 12.2 Å². The van der Waals surface area contributed by atoms with E-state index in [2.05, 4.69) is 23.8 Å². The third-order valence-corrected chi connectivity index (χ3v) is 3.26. The first-order valence-corrected chi connectivity index (χ1v) is 7.26. The Kier molecular flexibility index (Phi) is 4.96. The average Bonchev–Trinajstić information content (AvgIpc) is 2.45. The minimum Gasteiger partial charge on any atom is -0.497 e.